The van der Waals surface area contributed by atoms with E-state index in [4.69, 9.17) is 10.5 Å². The Bertz CT molecular complexity index is 1460. The first-order valence-corrected chi connectivity index (χ1v) is 14.6. The molecule has 0 saturated heterocycles. The van der Waals surface area contributed by atoms with Crippen molar-refractivity contribution in [2.75, 3.05) is 6.54 Å². The van der Waals surface area contributed by atoms with E-state index >= 15 is 0 Å². The van der Waals surface area contributed by atoms with Crippen molar-refractivity contribution in [2.24, 2.45) is 5.73 Å². The number of unbranched alkanes of at least 4 members (excludes halogenated alkanes) is 1. The van der Waals surface area contributed by atoms with Gasteiger partial charge in [0.25, 0.3) is 11.8 Å². The maximum atomic E-state index is 13.8. The topological polar surface area (TPSA) is 164 Å². The summed E-state index contributed by atoms with van der Waals surface area (Å²) in [5.74, 6) is -2.37. The number of amides is 4. The summed E-state index contributed by atoms with van der Waals surface area (Å²) in [6.45, 7) is 8.48. The number of aromatic nitrogens is 1. The number of nitrogens with two attached hydrogens (primary N) is 1. The van der Waals surface area contributed by atoms with Crippen LogP contribution in [-0.2, 0) is 20.7 Å². The monoisotopic (exact) mass is 607 g/mol. The van der Waals surface area contributed by atoms with E-state index in [9.17, 15) is 24.4 Å². The number of carbonyl (C=O) groups is 4. The average Bonchev–Trinajstić information content (AvgIpc) is 2.96. The van der Waals surface area contributed by atoms with Gasteiger partial charge in [-0.05, 0) is 65.2 Å². The Labute approximate surface area is 257 Å². The number of nitrogens with zero attached hydrogens (tertiary/aromatic N) is 3. The first-order valence-electron chi connectivity index (χ1n) is 14.6. The molecule has 0 aliphatic rings. The number of hydrogen-bond donors (Lipinski definition) is 4. The van der Waals surface area contributed by atoms with Crippen LogP contribution in [0.3, 0.4) is 0 Å². The van der Waals surface area contributed by atoms with Gasteiger partial charge in [0.2, 0.25) is 5.91 Å². The van der Waals surface area contributed by atoms with Gasteiger partial charge in [-0.3, -0.25) is 14.4 Å². The number of quaternary nitrogens is 1. The van der Waals surface area contributed by atoms with Crippen molar-refractivity contribution >= 4 is 34.7 Å². The molecule has 3 rings (SSSR count). The van der Waals surface area contributed by atoms with Gasteiger partial charge in [-0.2, -0.15) is 5.43 Å². The molecule has 0 spiro atoms. The number of pyridine rings is 1. The van der Waals surface area contributed by atoms with Gasteiger partial charge in [0.15, 0.2) is 0 Å². The van der Waals surface area contributed by atoms with Crippen molar-refractivity contribution < 1.29 is 33.8 Å². The van der Waals surface area contributed by atoms with E-state index in [0.29, 0.717) is 23.5 Å². The van der Waals surface area contributed by atoms with E-state index in [0.717, 1.165) is 17.4 Å². The van der Waals surface area contributed by atoms with Gasteiger partial charge in [0.05, 0.1) is 11.9 Å². The van der Waals surface area contributed by atoms with E-state index < -0.39 is 52.6 Å². The molecule has 0 radical (unpaired) electrons. The molecule has 4 amide bonds. The van der Waals surface area contributed by atoms with Crippen molar-refractivity contribution in [3.8, 4) is 0 Å². The Balaban J connectivity index is 1.88. The van der Waals surface area contributed by atoms with Gasteiger partial charge in [-0.1, -0.05) is 59.3 Å². The third-order valence-electron chi connectivity index (χ3n) is 6.97. The number of hydrogen-bond acceptors (Lipinski definition) is 7. The van der Waals surface area contributed by atoms with Crippen LogP contribution in [-0.4, -0.2) is 68.1 Å². The molecule has 0 aliphatic heterocycles. The summed E-state index contributed by atoms with van der Waals surface area (Å²) >= 11 is 0. The minimum Gasteiger partial charge on any atom is -0.439 e. The number of para-hydroxylation sites is 1. The number of hydroxylamine groups is 1. The van der Waals surface area contributed by atoms with Gasteiger partial charge in [0, 0.05) is 17.0 Å². The summed E-state index contributed by atoms with van der Waals surface area (Å²) in [5, 5.41) is 15.0. The largest absolute Gasteiger partial charge is 0.484 e. The first-order chi connectivity index (χ1) is 20.7. The van der Waals surface area contributed by atoms with Gasteiger partial charge >= 0.3 is 6.09 Å². The molecule has 1 heterocycles. The standard InChI is InChI=1S/C32H42N6O6/c1-22(2)38(37(43)31(42)44-32(3,4)5,20-12-11-15-23-13-7-6-8-14-23)36-30(41)27(21-28(33)39)35-29(40)26-19-18-24-16-9-10-17-25(24)34-26/h6-10,13-14,16-19,22,27,43H,11-12,15,20-21H2,1-5H3,(H3-,33,35,36,39,40,41)/p+1/t27-,38-/m0/s1. The Morgan fingerprint density at radius 3 is 2.27 bits per heavy atom. The highest BCUT2D eigenvalue weighted by Crippen LogP contribution is 2.21. The normalized spacial score (nSPS) is 13.5. The Hall–Kier alpha value is -4.55. The highest BCUT2D eigenvalue weighted by atomic mass is 16.7. The van der Waals surface area contributed by atoms with Gasteiger partial charge < -0.3 is 15.8 Å². The fourth-order valence-corrected chi connectivity index (χ4v) is 4.68. The predicted octanol–water partition coefficient (Wildman–Crippen LogP) is 4.03. The minimum atomic E-state index is -1.43. The number of primary amides is 1. The fourth-order valence-electron chi connectivity index (χ4n) is 4.68. The quantitative estimate of drug-likeness (QED) is 0.0986. The molecule has 0 fully saturated rings. The van der Waals surface area contributed by atoms with Crippen LogP contribution in [0, 0.1) is 0 Å². The van der Waals surface area contributed by atoms with Crippen LogP contribution in [0.2, 0.25) is 0 Å². The molecule has 12 heteroatoms. The fraction of sp³-hybridized carbons (Fsp3) is 0.406. The number of ether oxygens (including phenoxy) is 1. The number of rotatable bonds is 13. The summed E-state index contributed by atoms with van der Waals surface area (Å²) in [6.07, 6.45) is 0.301. The van der Waals surface area contributed by atoms with Crippen LogP contribution in [0.1, 0.15) is 69.9 Å². The van der Waals surface area contributed by atoms with E-state index in [1.165, 1.54) is 6.07 Å². The predicted molar refractivity (Wildman–Crippen MR) is 164 cm³/mol. The molecule has 2 atom stereocenters. The molecule has 0 aliphatic carbocycles. The summed E-state index contributed by atoms with van der Waals surface area (Å²) in [6, 6.07) is 18.3. The first kappa shape index (κ1) is 33.9. The molecule has 44 heavy (non-hydrogen) atoms. The zero-order valence-corrected chi connectivity index (χ0v) is 25.9. The van der Waals surface area contributed by atoms with Crippen LogP contribution < -0.4 is 16.5 Å². The maximum Gasteiger partial charge on any atom is 0.484 e. The van der Waals surface area contributed by atoms with Crippen molar-refractivity contribution in [2.45, 2.75) is 78.0 Å². The second-order valence-corrected chi connectivity index (χ2v) is 11.9. The third-order valence-corrected chi connectivity index (χ3v) is 6.97. The molecule has 0 saturated carbocycles. The average molecular weight is 608 g/mol. The van der Waals surface area contributed by atoms with Crippen LogP contribution in [0.25, 0.3) is 10.9 Å². The van der Waals surface area contributed by atoms with Crippen molar-refractivity contribution in [1.29, 1.82) is 0 Å². The molecular formula is C32H43N6O6+. The minimum absolute atomic E-state index is 0.0361. The van der Waals surface area contributed by atoms with Crippen LogP contribution >= 0.6 is 0 Å². The van der Waals surface area contributed by atoms with Crippen molar-refractivity contribution in [3.63, 3.8) is 0 Å². The molecular weight excluding hydrogens is 564 g/mol. The number of fused-ring (bicyclic) bond motifs is 1. The number of aryl methyl sites for hydroxylation is 1. The molecule has 3 aromatic rings. The van der Waals surface area contributed by atoms with Gasteiger partial charge in [-0.15, -0.1) is 0 Å². The smallest absolute Gasteiger partial charge is 0.439 e. The molecule has 0 bridgehead atoms. The number of carbonyl (C=O) groups excluding carboxylic acids is 4. The maximum absolute atomic E-state index is 13.8. The summed E-state index contributed by atoms with van der Waals surface area (Å²) in [5.41, 5.74) is 8.97. The van der Waals surface area contributed by atoms with Crippen LogP contribution in [0.15, 0.2) is 66.7 Å². The second kappa shape index (κ2) is 14.8. The Morgan fingerprint density at radius 2 is 1.64 bits per heavy atom. The highest BCUT2D eigenvalue weighted by molar-refractivity contribution is 5.98. The number of benzene rings is 2. The zero-order valence-electron chi connectivity index (χ0n) is 25.9. The molecule has 1 aromatic heterocycles. The van der Waals surface area contributed by atoms with Gasteiger partial charge in [0.1, 0.15) is 29.9 Å². The Kier molecular flexibility index (Phi) is 11.4. The molecule has 2 aromatic carbocycles. The summed E-state index contributed by atoms with van der Waals surface area (Å²) < 4.78 is 4.67. The molecule has 236 valence electrons. The third kappa shape index (κ3) is 9.22. The molecule has 0 unspecified atom stereocenters. The molecule has 5 N–H and O–H groups in total. The lowest BCUT2D eigenvalue weighted by atomic mass is 10.1. The lowest BCUT2D eigenvalue weighted by Crippen LogP contribution is -2.74. The lowest BCUT2D eigenvalue weighted by Gasteiger charge is -2.43. The molecule has 12 nitrogen and oxygen atoms in total. The van der Waals surface area contributed by atoms with Crippen LogP contribution in [0.5, 0.6) is 0 Å². The van der Waals surface area contributed by atoms with Crippen molar-refractivity contribution in [1.82, 2.24) is 20.9 Å². The van der Waals surface area contributed by atoms with E-state index in [2.05, 4.69) is 15.7 Å². The second-order valence-electron chi connectivity index (χ2n) is 11.9. The van der Waals surface area contributed by atoms with Crippen LogP contribution in [0.4, 0.5) is 4.79 Å². The summed E-state index contributed by atoms with van der Waals surface area (Å²) in [4.78, 5) is 56.4. The summed E-state index contributed by atoms with van der Waals surface area (Å²) in [7, 11) is 0. The van der Waals surface area contributed by atoms with E-state index in [-0.39, 0.29) is 12.2 Å². The van der Waals surface area contributed by atoms with Crippen molar-refractivity contribution in [3.05, 3.63) is 78.0 Å². The Morgan fingerprint density at radius 1 is 0.977 bits per heavy atom. The van der Waals surface area contributed by atoms with E-state index in [1.54, 1.807) is 52.8 Å². The number of nitrogens with one attached hydrogen (secondary N) is 2. The zero-order chi connectivity index (χ0) is 32.5. The SMILES string of the molecule is CC(C)[N@@+](CCCCc1ccccc1)(NC(=O)[C@H](CC(N)=O)NC(=O)c1ccc2ccccc2n1)N(O)C(=O)OC(C)(C)C. The van der Waals surface area contributed by atoms with E-state index in [1.807, 2.05) is 42.5 Å². The lowest BCUT2D eigenvalue weighted by molar-refractivity contribution is -1.10. The highest BCUT2D eigenvalue weighted by Gasteiger charge is 2.47. The van der Waals surface area contributed by atoms with Gasteiger partial charge in [-0.25, -0.2) is 15.0 Å².